The van der Waals surface area contributed by atoms with Gasteiger partial charge in [-0.15, -0.1) is 0 Å². The van der Waals surface area contributed by atoms with Crippen LogP contribution in [0.5, 0.6) is 0 Å². The minimum absolute atomic E-state index is 0.00310. The van der Waals surface area contributed by atoms with E-state index in [0.29, 0.717) is 19.8 Å². The predicted octanol–water partition coefficient (Wildman–Crippen LogP) is 0.460. The van der Waals surface area contributed by atoms with Gasteiger partial charge in [0.2, 0.25) is 0 Å². The number of hydrogen-bond acceptors (Lipinski definition) is 4. The fraction of sp³-hybridized carbons (Fsp3) is 0.333. The Bertz CT molecular complexity index is 853. The Balaban J connectivity index is 1.85. The van der Waals surface area contributed by atoms with Crippen LogP contribution in [0.25, 0.3) is 11.1 Å². The molecule has 0 radical (unpaired) electrons. The van der Waals surface area contributed by atoms with Crippen molar-refractivity contribution in [2.75, 3.05) is 19.8 Å². The summed E-state index contributed by atoms with van der Waals surface area (Å²) in [6, 6.07) is 7.38. The molecule has 7 heteroatoms. The van der Waals surface area contributed by atoms with Crippen molar-refractivity contribution in [2.45, 2.75) is 18.3 Å². The van der Waals surface area contributed by atoms with Crippen LogP contribution in [0.15, 0.2) is 30.5 Å². The Kier molecular flexibility index (Phi) is 5.48. The third-order valence-electron chi connectivity index (χ3n) is 4.94. The van der Waals surface area contributed by atoms with Crippen molar-refractivity contribution in [3.05, 3.63) is 51.1 Å². The SMILES string of the molecule is NCC1(c2cc(F)cc(-c3ccnc4c3C(S)=I[I-]4)c2)CCOCC1. The molecule has 134 valence electrons. The molecule has 25 heavy (non-hydrogen) atoms. The number of aromatic nitrogens is 1. The molecular formula is C18H18FI2N2OS-. The van der Waals surface area contributed by atoms with E-state index < -0.39 is 0 Å². The number of pyridine rings is 1. The van der Waals surface area contributed by atoms with E-state index in [1.54, 1.807) is 12.1 Å². The fourth-order valence-electron chi connectivity index (χ4n) is 3.45. The van der Waals surface area contributed by atoms with E-state index in [0.717, 1.165) is 35.1 Å². The number of ether oxygens (including phenoxy) is 1. The Morgan fingerprint density at radius 2 is 2.12 bits per heavy atom. The molecule has 2 aliphatic rings. The van der Waals surface area contributed by atoms with Crippen molar-refractivity contribution in [3.8, 4) is 11.1 Å². The molecule has 0 bridgehead atoms. The first-order valence-electron chi connectivity index (χ1n) is 8.07. The van der Waals surface area contributed by atoms with Gasteiger partial charge < -0.3 is 0 Å². The van der Waals surface area contributed by atoms with E-state index in [4.69, 9.17) is 23.1 Å². The van der Waals surface area contributed by atoms with Gasteiger partial charge in [0.25, 0.3) is 0 Å². The van der Waals surface area contributed by atoms with E-state index in [2.05, 4.69) is 11.1 Å². The van der Waals surface area contributed by atoms with Crippen LogP contribution in [0, 0.1) is 9.52 Å². The quantitative estimate of drug-likeness (QED) is 0.314. The van der Waals surface area contributed by atoms with Crippen LogP contribution < -0.4 is 23.0 Å². The van der Waals surface area contributed by atoms with Gasteiger partial charge in [-0.2, -0.15) is 0 Å². The van der Waals surface area contributed by atoms with Gasteiger partial charge in [-0.25, -0.2) is 0 Å². The number of hydrogen-bond donors (Lipinski definition) is 2. The summed E-state index contributed by atoms with van der Waals surface area (Å²) >= 11 is 4.69. The molecule has 2 aromatic rings. The molecular weight excluding hydrogens is 565 g/mol. The van der Waals surface area contributed by atoms with Crippen molar-refractivity contribution >= 4 is 32.2 Å². The monoisotopic (exact) mass is 583 g/mol. The zero-order chi connectivity index (χ0) is 17.4. The molecule has 0 aliphatic carbocycles. The second-order valence-corrected chi connectivity index (χ2v) is 16.0. The first kappa shape index (κ1) is 18.3. The first-order chi connectivity index (χ1) is 12.1. The number of benzene rings is 1. The number of rotatable bonds is 3. The first-order valence-corrected chi connectivity index (χ1v) is 17.0. The van der Waals surface area contributed by atoms with E-state index in [1.165, 1.54) is 6.54 Å². The number of fused-ring (bicyclic) bond motifs is 1. The number of nitrogens with zero attached hydrogens (tertiary/aromatic N) is 1. The van der Waals surface area contributed by atoms with Crippen LogP contribution in [0.1, 0.15) is 24.0 Å². The van der Waals surface area contributed by atoms with E-state index >= 15 is 0 Å². The van der Waals surface area contributed by atoms with E-state index in [-0.39, 0.29) is 45.2 Å². The van der Waals surface area contributed by atoms with Crippen LogP contribution in [0.3, 0.4) is 0 Å². The number of halogens is 3. The third-order valence-corrected chi connectivity index (χ3v) is 16.9. The average molecular weight is 583 g/mol. The van der Waals surface area contributed by atoms with Gasteiger partial charge in [-0.3, -0.25) is 0 Å². The van der Waals surface area contributed by atoms with Crippen molar-refractivity contribution in [1.29, 1.82) is 0 Å². The third kappa shape index (κ3) is 3.42. The van der Waals surface area contributed by atoms with Crippen molar-refractivity contribution in [3.63, 3.8) is 0 Å². The molecule has 1 saturated heterocycles. The Morgan fingerprint density at radius 3 is 2.88 bits per heavy atom. The maximum absolute atomic E-state index is 14.5. The molecule has 3 nitrogen and oxygen atoms in total. The van der Waals surface area contributed by atoms with E-state index in [9.17, 15) is 4.39 Å². The summed E-state index contributed by atoms with van der Waals surface area (Å²) in [5, 5.41) is 0. The molecule has 0 amide bonds. The summed E-state index contributed by atoms with van der Waals surface area (Å²) in [5.41, 5.74) is 10.1. The molecule has 2 aliphatic heterocycles. The summed E-state index contributed by atoms with van der Waals surface area (Å²) in [7, 11) is 0. The summed E-state index contributed by atoms with van der Waals surface area (Å²) in [6.45, 7) is 1.86. The summed E-state index contributed by atoms with van der Waals surface area (Å²) in [6.07, 6.45) is 3.52. The van der Waals surface area contributed by atoms with Gasteiger partial charge >= 0.3 is 170 Å². The number of thiol groups is 1. The maximum atomic E-state index is 14.5. The second-order valence-electron chi connectivity index (χ2n) is 6.28. The van der Waals surface area contributed by atoms with Gasteiger partial charge in [0, 0.05) is 0 Å². The number of nitrogens with two attached hydrogens (primary N) is 1. The molecule has 3 heterocycles. The van der Waals surface area contributed by atoms with Gasteiger partial charge in [0.1, 0.15) is 0 Å². The van der Waals surface area contributed by atoms with Crippen LogP contribution >= 0.6 is 29.4 Å². The second kappa shape index (κ2) is 7.49. The zero-order valence-corrected chi connectivity index (χ0v) is 18.6. The van der Waals surface area contributed by atoms with Crippen molar-refractivity contribution in [2.24, 2.45) is 5.73 Å². The summed E-state index contributed by atoms with van der Waals surface area (Å²) < 4.78 is 22.4. The average Bonchev–Trinajstić information content (AvgIpc) is 3.03. The van der Waals surface area contributed by atoms with Gasteiger partial charge in [0.15, 0.2) is 0 Å². The summed E-state index contributed by atoms with van der Waals surface area (Å²) in [4.78, 5) is 4.54. The van der Waals surface area contributed by atoms with Gasteiger partial charge in [0.05, 0.1) is 0 Å². The van der Waals surface area contributed by atoms with E-state index in [1.807, 2.05) is 12.3 Å². The molecule has 0 unspecified atom stereocenters. The van der Waals surface area contributed by atoms with Gasteiger partial charge in [-0.05, 0) is 0 Å². The van der Waals surface area contributed by atoms with Crippen LogP contribution in [-0.4, -0.2) is 27.6 Å². The van der Waals surface area contributed by atoms with Crippen LogP contribution in [0.4, 0.5) is 4.39 Å². The van der Waals surface area contributed by atoms with Crippen LogP contribution in [0.2, 0.25) is 0 Å². The minimum atomic E-state index is -0.208. The molecule has 2 N–H and O–H groups in total. The summed E-state index contributed by atoms with van der Waals surface area (Å²) in [5.74, 6) is -0.208. The molecule has 1 aromatic heterocycles. The standard InChI is InChI=1S/C18H18FI2N2OS/c19-13-8-11(14-1-4-23-16-15(14)17(25)21-20-16)7-12(9-13)18(10-22)2-5-24-6-3-18/h1,4,7-9,25H,2-3,5-6,10,22H2/q-1. The Labute approximate surface area is 168 Å². The predicted molar refractivity (Wildman–Crippen MR) is 106 cm³/mol. The fourth-order valence-corrected chi connectivity index (χ4v) is 14.0. The zero-order valence-electron chi connectivity index (χ0n) is 13.4. The van der Waals surface area contributed by atoms with Crippen molar-refractivity contribution in [1.82, 2.24) is 4.98 Å². The molecule has 4 rings (SSSR count). The van der Waals surface area contributed by atoms with Gasteiger partial charge in [-0.1, -0.05) is 0 Å². The normalized spacial score (nSPS) is 19.4. The van der Waals surface area contributed by atoms with Crippen molar-refractivity contribution < 1.29 is 26.4 Å². The Morgan fingerprint density at radius 1 is 1.32 bits per heavy atom. The molecule has 0 atom stereocenters. The van der Waals surface area contributed by atoms with Crippen LogP contribution in [-0.2, 0) is 10.2 Å². The topological polar surface area (TPSA) is 48.1 Å². The molecule has 0 saturated carbocycles. The molecule has 0 spiro atoms. The molecule has 1 aromatic carbocycles. The molecule has 1 fully saturated rings. The Hall–Kier alpha value is -0.1000.